The molecule has 1 N–H and O–H groups in total. The summed E-state index contributed by atoms with van der Waals surface area (Å²) in [6, 6.07) is 7.72. The van der Waals surface area contributed by atoms with Gasteiger partial charge in [-0.25, -0.2) is 0 Å². The first-order valence-electron chi connectivity index (χ1n) is 5.41. The maximum atomic E-state index is 10.7. The van der Waals surface area contributed by atoms with Crippen molar-refractivity contribution < 1.29 is 5.11 Å². The number of aromatic nitrogens is 2. The molecule has 3 nitrogen and oxygen atoms in total. The SMILES string of the molecule is Cc1ccccc1C(C)(O)c1c(Cl)cnn1C. The molecule has 0 saturated heterocycles. The van der Waals surface area contributed by atoms with Gasteiger partial charge in [-0.3, -0.25) is 4.68 Å². The first kappa shape index (κ1) is 12.1. The van der Waals surface area contributed by atoms with Crippen LogP contribution < -0.4 is 0 Å². The molecule has 1 aromatic carbocycles. The van der Waals surface area contributed by atoms with Gasteiger partial charge in [0, 0.05) is 7.05 Å². The van der Waals surface area contributed by atoms with E-state index >= 15 is 0 Å². The molecule has 0 aliphatic heterocycles. The number of rotatable bonds is 2. The summed E-state index contributed by atoms with van der Waals surface area (Å²) in [5.41, 5.74) is 1.32. The highest BCUT2D eigenvalue weighted by atomic mass is 35.5. The Morgan fingerprint density at radius 2 is 2.00 bits per heavy atom. The van der Waals surface area contributed by atoms with E-state index < -0.39 is 5.60 Å². The zero-order chi connectivity index (χ0) is 12.6. The van der Waals surface area contributed by atoms with Crippen molar-refractivity contribution in [2.45, 2.75) is 19.4 Å². The van der Waals surface area contributed by atoms with E-state index in [0.717, 1.165) is 11.1 Å². The fourth-order valence-electron chi connectivity index (χ4n) is 2.20. The lowest BCUT2D eigenvalue weighted by atomic mass is 9.89. The summed E-state index contributed by atoms with van der Waals surface area (Å²) in [6.45, 7) is 3.70. The predicted molar refractivity (Wildman–Crippen MR) is 68.1 cm³/mol. The summed E-state index contributed by atoms with van der Waals surface area (Å²) in [6.07, 6.45) is 1.55. The predicted octanol–water partition coefficient (Wildman–Crippen LogP) is 2.64. The van der Waals surface area contributed by atoms with E-state index in [1.54, 1.807) is 24.9 Å². The van der Waals surface area contributed by atoms with Gasteiger partial charge in [-0.2, -0.15) is 5.10 Å². The quantitative estimate of drug-likeness (QED) is 0.890. The third-order valence-corrected chi connectivity index (χ3v) is 3.30. The lowest BCUT2D eigenvalue weighted by Crippen LogP contribution is -2.27. The van der Waals surface area contributed by atoms with Crippen LogP contribution in [0.2, 0.25) is 5.02 Å². The summed E-state index contributed by atoms with van der Waals surface area (Å²) >= 11 is 6.09. The third-order valence-electron chi connectivity index (χ3n) is 3.02. The minimum absolute atomic E-state index is 0.473. The molecule has 1 aromatic heterocycles. The van der Waals surface area contributed by atoms with E-state index in [4.69, 9.17) is 11.6 Å². The van der Waals surface area contributed by atoms with Crippen LogP contribution in [0.3, 0.4) is 0 Å². The normalized spacial score (nSPS) is 14.6. The maximum Gasteiger partial charge on any atom is 0.130 e. The Bertz CT molecular complexity index is 527. The van der Waals surface area contributed by atoms with Crippen LogP contribution in [0.25, 0.3) is 0 Å². The summed E-state index contributed by atoms with van der Waals surface area (Å²) in [7, 11) is 1.77. The standard InChI is InChI=1S/C13H15ClN2O/c1-9-6-4-5-7-10(9)13(2,17)12-11(14)8-15-16(12)3/h4-8,17H,1-3H3. The number of nitrogens with zero attached hydrogens (tertiary/aromatic N) is 2. The van der Waals surface area contributed by atoms with Gasteiger partial charge < -0.3 is 5.11 Å². The number of benzene rings is 1. The Labute approximate surface area is 106 Å². The fraction of sp³-hybridized carbons (Fsp3) is 0.308. The van der Waals surface area contributed by atoms with Crippen LogP contribution in [-0.4, -0.2) is 14.9 Å². The zero-order valence-electron chi connectivity index (χ0n) is 10.1. The topological polar surface area (TPSA) is 38.1 Å². The molecule has 0 amide bonds. The number of hydrogen-bond donors (Lipinski definition) is 1. The van der Waals surface area contributed by atoms with Crippen molar-refractivity contribution in [2.24, 2.45) is 7.05 Å². The Hall–Kier alpha value is -1.32. The second-order valence-electron chi connectivity index (χ2n) is 4.35. The molecule has 2 rings (SSSR count). The van der Waals surface area contributed by atoms with Crippen molar-refractivity contribution >= 4 is 11.6 Å². The highest BCUT2D eigenvalue weighted by Gasteiger charge is 2.32. The highest BCUT2D eigenvalue weighted by molar-refractivity contribution is 6.31. The molecule has 0 aliphatic carbocycles. The largest absolute Gasteiger partial charge is 0.379 e. The zero-order valence-corrected chi connectivity index (χ0v) is 10.9. The number of aryl methyl sites for hydroxylation is 2. The number of hydrogen-bond acceptors (Lipinski definition) is 2. The Kier molecular flexibility index (Phi) is 2.98. The van der Waals surface area contributed by atoms with Crippen molar-refractivity contribution in [3.05, 3.63) is 52.3 Å². The van der Waals surface area contributed by atoms with Gasteiger partial charge in [-0.05, 0) is 25.0 Å². The first-order valence-corrected chi connectivity index (χ1v) is 5.79. The molecule has 1 atom stereocenters. The minimum atomic E-state index is -1.15. The molecular weight excluding hydrogens is 236 g/mol. The van der Waals surface area contributed by atoms with Gasteiger partial charge >= 0.3 is 0 Å². The molecule has 1 unspecified atom stereocenters. The van der Waals surface area contributed by atoms with Gasteiger partial charge in [-0.1, -0.05) is 35.9 Å². The van der Waals surface area contributed by atoms with Crippen LogP contribution in [0.1, 0.15) is 23.7 Å². The van der Waals surface area contributed by atoms with Crippen molar-refractivity contribution in [3.8, 4) is 0 Å². The number of halogens is 1. The molecule has 0 radical (unpaired) electrons. The van der Waals surface area contributed by atoms with Gasteiger partial charge in [0.2, 0.25) is 0 Å². The van der Waals surface area contributed by atoms with E-state index in [0.29, 0.717) is 10.7 Å². The molecule has 0 spiro atoms. The van der Waals surface area contributed by atoms with Gasteiger partial charge in [0.1, 0.15) is 5.60 Å². The molecule has 0 bridgehead atoms. The molecule has 90 valence electrons. The van der Waals surface area contributed by atoms with Crippen LogP contribution >= 0.6 is 11.6 Å². The van der Waals surface area contributed by atoms with Gasteiger partial charge in [0.25, 0.3) is 0 Å². The Morgan fingerprint density at radius 1 is 1.35 bits per heavy atom. The van der Waals surface area contributed by atoms with Crippen molar-refractivity contribution in [1.29, 1.82) is 0 Å². The Balaban J connectivity index is 2.62. The summed E-state index contributed by atoms with van der Waals surface area (Å²) in [5.74, 6) is 0. The van der Waals surface area contributed by atoms with Crippen LogP contribution in [0.4, 0.5) is 0 Å². The van der Waals surface area contributed by atoms with E-state index in [1.807, 2.05) is 31.2 Å². The van der Waals surface area contributed by atoms with Crippen molar-refractivity contribution in [1.82, 2.24) is 9.78 Å². The van der Waals surface area contributed by atoms with Crippen LogP contribution in [0, 0.1) is 6.92 Å². The molecule has 1 heterocycles. The summed E-state index contributed by atoms with van der Waals surface area (Å²) < 4.78 is 1.61. The monoisotopic (exact) mass is 250 g/mol. The smallest absolute Gasteiger partial charge is 0.130 e. The van der Waals surface area contributed by atoms with Crippen LogP contribution in [-0.2, 0) is 12.6 Å². The lowest BCUT2D eigenvalue weighted by Gasteiger charge is -2.26. The number of aliphatic hydroxyl groups is 1. The van der Waals surface area contributed by atoms with Gasteiger partial charge in [0.05, 0.1) is 16.9 Å². The van der Waals surface area contributed by atoms with E-state index in [-0.39, 0.29) is 0 Å². The van der Waals surface area contributed by atoms with E-state index in [2.05, 4.69) is 5.10 Å². The van der Waals surface area contributed by atoms with E-state index in [1.165, 1.54) is 0 Å². The van der Waals surface area contributed by atoms with E-state index in [9.17, 15) is 5.11 Å². The minimum Gasteiger partial charge on any atom is -0.379 e. The van der Waals surface area contributed by atoms with Gasteiger partial charge in [-0.15, -0.1) is 0 Å². The summed E-state index contributed by atoms with van der Waals surface area (Å²) in [4.78, 5) is 0. The summed E-state index contributed by atoms with van der Waals surface area (Å²) in [5, 5.41) is 15.3. The van der Waals surface area contributed by atoms with Crippen molar-refractivity contribution in [3.63, 3.8) is 0 Å². The maximum absolute atomic E-state index is 10.7. The molecule has 0 saturated carbocycles. The molecule has 2 aromatic rings. The average molecular weight is 251 g/mol. The molecular formula is C13H15ClN2O. The molecule has 0 fully saturated rings. The lowest BCUT2D eigenvalue weighted by molar-refractivity contribution is 0.0923. The van der Waals surface area contributed by atoms with Crippen LogP contribution in [0.15, 0.2) is 30.5 Å². The second-order valence-corrected chi connectivity index (χ2v) is 4.76. The third kappa shape index (κ3) is 1.96. The first-order chi connectivity index (χ1) is 7.94. The van der Waals surface area contributed by atoms with Gasteiger partial charge in [0.15, 0.2) is 0 Å². The van der Waals surface area contributed by atoms with Crippen molar-refractivity contribution in [2.75, 3.05) is 0 Å². The fourth-order valence-corrected chi connectivity index (χ4v) is 2.55. The molecule has 4 heteroatoms. The second kappa shape index (κ2) is 4.17. The molecule has 17 heavy (non-hydrogen) atoms. The highest BCUT2D eigenvalue weighted by Crippen LogP contribution is 2.34. The molecule has 0 aliphatic rings. The average Bonchev–Trinajstić information content (AvgIpc) is 2.59. The van der Waals surface area contributed by atoms with Crippen LogP contribution in [0.5, 0.6) is 0 Å². The Morgan fingerprint density at radius 3 is 2.53 bits per heavy atom.